The maximum absolute atomic E-state index is 12.0. The van der Waals surface area contributed by atoms with Gasteiger partial charge in [0.15, 0.2) is 0 Å². The summed E-state index contributed by atoms with van der Waals surface area (Å²) >= 11 is 0. The van der Waals surface area contributed by atoms with Gasteiger partial charge in [-0.1, -0.05) is 6.42 Å². The molecule has 0 aromatic carbocycles. The molecule has 1 aliphatic carbocycles. The number of likely N-dealkylation sites (tertiary alicyclic amines) is 1. The molecule has 0 spiro atoms. The van der Waals surface area contributed by atoms with E-state index in [0.29, 0.717) is 24.3 Å². The van der Waals surface area contributed by atoms with E-state index < -0.39 is 0 Å². The summed E-state index contributed by atoms with van der Waals surface area (Å²) in [6.07, 6.45) is 6.48. The Balaban J connectivity index is 1.86. The third-order valence-corrected chi connectivity index (χ3v) is 4.03. The molecule has 15 heavy (non-hydrogen) atoms. The van der Waals surface area contributed by atoms with Crippen LogP contribution in [0.2, 0.25) is 0 Å². The molecule has 1 amide bonds. The molecule has 1 saturated carbocycles. The third kappa shape index (κ3) is 2.33. The molecule has 0 aromatic heterocycles. The van der Waals surface area contributed by atoms with Crippen LogP contribution in [0.4, 0.5) is 0 Å². The van der Waals surface area contributed by atoms with Gasteiger partial charge in [0, 0.05) is 25.0 Å². The Morgan fingerprint density at radius 2 is 2.13 bits per heavy atom. The standard InChI is InChI=1S/C12H22N2O/c1-9-4-3-7-14(9)12(15)8-10-5-2-6-11(10)13/h9-11H,2-8,13H2,1H3/t9?,10-,11+/m0/s1. The van der Waals surface area contributed by atoms with E-state index in [1.54, 1.807) is 0 Å². The second-order valence-corrected chi connectivity index (χ2v) is 5.14. The molecule has 2 N–H and O–H groups in total. The fraction of sp³-hybridized carbons (Fsp3) is 0.917. The highest BCUT2D eigenvalue weighted by molar-refractivity contribution is 5.77. The van der Waals surface area contributed by atoms with Crippen molar-refractivity contribution in [2.24, 2.45) is 11.7 Å². The molecular weight excluding hydrogens is 188 g/mol. The molecular formula is C12H22N2O. The van der Waals surface area contributed by atoms with Crippen LogP contribution < -0.4 is 5.73 Å². The van der Waals surface area contributed by atoms with Gasteiger partial charge >= 0.3 is 0 Å². The van der Waals surface area contributed by atoms with Crippen molar-refractivity contribution in [1.82, 2.24) is 4.90 Å². The molecule has 2 aliphatic rings. The Bertz CT molecular complexity index is 242. The molecule has 1 saturated heterocycles. The summed E-state index contributed by atoms with van der Waals surface area (Å²) in [5, 5.41) is 0. The van der Waals surface area contributed by atoms with Gasteiger partial charge in [-0.3, -0.25) is 4.79 Å². The Kier molecular flexibility index (Phi) is 3.29. The summed E-state index contributed by atoms with van der Waals surface area (Å²) in [5.41, 5.74) is 5.99. The Hall–Kier alpha value is -0.570. The molecule has 1 aliphatic heterocycles. The van der Waals surface area contributed by atoms with Gasteiger partial charge in [0.2, 0.25) is 5.91 Å². The second kappa shape index (κ2) is 4.52. The highest BCUT2D eigenvalue weighted by Gasteiger charge is 2.30. The molecule has 0 radical (unpaired) electrons. The van der Waals surface area contributed by atoms with E-state index in [1.165, 1.54) is 19.3 Å². The SMILES string of the molecule is CC1CCCN1C(=O)C[C@@H]1CCC[C@H]1N. The van der Waals surface area contributed by atoms with Gasteiger partial charge in [-0.25, -0.2) is 0 Å². The lowest BCUT2D eigenvalue weighted by atomic mass is 9.99. The van der Waals surface area contributed by atoms with Crippen molar-refractivity contribution in [2.45, 2.75) is 57.5 Å². The number of hydrogen-bond donors (Lipinski definition) is 1. The number of nitrogens with two attached hydrogens (primary N) is 1. The first-order valence-corrected chi connectivity index (χ1v) is 6.23. The maximum atomic E-state index is 12.0. The lowest BCUT2D eigenvalue weighted by Gasteiger charge is -2.24. The maximum Gasteiger partial charge on any atom is 0.223 e. The number of nitrogens with zero attached hydrogens (tertiary/aromatic N) is 1. The predicted octanol–water partition coefficient (Wildman–Crippen LogP) is 1.51. The third-order valence-electron chi connectivity index (χ3n) is 4.03. The number of rotatable bonds is 2. The van der Waals surface area contributed by atoms with Gasteiger partial charge in [-0.15, -0.1) is 0 Å². The summed E-state index contributed by atoms with van der Waals surface area (Å²) in [6.45, 7) is 3.11. The quantitative estimate of drug-likeness (QED) is 0.751. The van der Waals surface area contributed by atoms with E-state index in [-0.39, 0.29) is 6.04 Å². The second-order valence-electron chi connectivity index (χ2n) is 5.14. The average molecular weight is 210 g/mol. The highest BCUT2D eigenvalue weighted by Crippen LogP contribution is 2.28. The van der Waals surface area contributed by atoms with E-state index in [9.17, 15) is 4.79 Å². The van der Waals surface area contributed by atoms with Crippen molar-refractivity contribution in [2.75, 3.05) is 6.54 Å². The first-order chi connectivity index (χ1) is 7.18. The molecule has 0 aromatic rings. The average Bonchev–Trinajstić information content (AvgIpc) is 2.76. The first-order valence-electron chi connectivity index (χ1n) is 6.23. The lowest BCUT2D eigenvalue weighted by molar-refractivity contribution is -0.132. The minimum absolute atomic E-state index is 0.270. The summed E-state index contributed by atoms with van der Waals surface area (Å²) < 4.78 is 0. The minimum Gasteiger partial charge on any atom is -0.340 e. The fourth-order valence-electron chi connectivity index (χ4n) is 2.96. The van der Waals surface area contributed by atoms with Crippen LogP contribution in [0.5, 0.6) is 0 Å². The van der Waals surface area contributed by atoms with Crippen LogP contribution in [0.1, 0.15) is 45.4 Å². The Morgan fingerprint density at radius 3 is 2.67 bits per heavy atom. The van der Waals surface area contributed by atoms with E-state index in [4.69, 9.17) is 5.73 Å². The van der Waals surface area contributed by atoms with E-state index >= 15 is 0 Å². The summed E-state index contributed by atoms with van der Waals surface area (Å²) in [7, 11) is 0. The van der Waals surface area contributed by atoms with E-state index in [0.717, 1.165) is 19.4 Å². The van der Waals surface area contributed by atoms with Crippen LogP contribution in [0.25, 0.3) is 0 Å². The Morgan fingerprint density at radius 1 is 1.33 bits per heavy atom. The molecule has 2 fully saturated rings. The molecule has 1 unspecified atom stereocenters. The lowest BCUT2D eigenvalue weighted by Crippen LogP contribution is -2.37. The molecule has 3 atom stereocenters. The smallest absolute Gasteiger partial charge is 0.223 e. The van der Waals surface area contributed by atoms with Gasteiger partial charge in [0.05, 0.1) is 0 Å². The van der Waals surface area contributed by atoms with Crippen molar-refractivity contribution >= 4 is 5.91 Å². The molecule has 0 bridgehead atoms. The molecule has 1 heterocycles. The molecule has 2 rings (SSSR count). The fourth-order valence-corrected chi connectivity index (χ4v) is 2.96. The van der Waals surface area contributed by atoms with Gasteiger partial charge < -0.3 is 10.6 Å². The number of carbonyl (C=O) groups is 1. The van der Waals surface area contributed by atoms with Crippen molar-refractivity contribution in [3.05, 3.63) is 0 Å². The normalized spacial score (nSPS) is 36.1. The van der Waals surface area contributed by atoms with E-state index in [1.807, 2.05) is 4.90 Å². The van der Waals surface area contributed by atoms with Crippen molar-refractivity contribution in [1.29, 1.82) is 0 Å². The zero-order valence-electron chi connectivity index (χ0n) is 9.61. The number of amides is 1. The molecule has 3 heteroatoms. The van der Waals surface area contributed by atoms with Crippen LogP contribution in [0.15, 0.2) is 0 Å². The van der Waals surface area contributed by atoms with Crippen molar-refractivity contribution in [3.63, 3.8) is 0 Å². The summed E-state index contributed by atoms with van der Waals surface area (Å²) in [4.78, 5) is 14.1. The summed E-state index contributed by atoms with van der Waals surface area (Å²) in [6, 6.07) is 0.724. The zero-order valence-corrected chi connectivity index (χ0v) is 9.61. The molecule has 3 nitrogen and oxygen atoms in total. The number of hydrogen-bond acceptors (Lipinski definition) is 2. The van der Waals surface area contributed by atoms with Crippen molar-refractivity contribution < 1.29 is 4.79 Å². The molecule has 86 valence electrons. The minimum atomic E-state index is 0.270. The van der Waals surface area contributed by atoms with Crippen LogP contribution in [0.3, 0.4) is 0 Å². The number of carbonyl (C=O) groups excluding carboxylic acids is 1. The summed E-state index contributed by atoms with van der Waals surface area (Å²) in [5.74, 6) is 0.785. The van der Waals surface area contributed by atoms with E-state index in [2.05, 4.69) is 6.92 Å². The van der Waals surface area contributed by atoms with Gasteiger partial charge in [-0.2, -0.15) is 0 Å². The van der Waals surface area contributed by atoms with Gasteiger partial charge in [0.1, 0.15) is 0 Å². The van der Waals surface area contributed by atoms with Gasteiger partial charge in [0.25, 0.3) is 0 Å². The van der Waals surface area contributed by atoms with Crippen LogP contribution in [-0.4, -0.2) is 29.4 Å². The first kappa shape index (κ1) is 10.9. The van der Waals surface area contributed by atoms with Crippen LogP contribution >= 0.6 is 0 Å². The highest BCUT2D eigenvalue weighted by atomic mass is 16.2. The zero-order chi connectivity index (χ0) is 10.8. The predicted molar refractivity (Wildman–Crippen MR) is 60.3 cm³/mol. The van der Waals surface area contributed by atoms with Crippen molar-refractivity contribution in [3.8, 4) is 0 Å². The topological polar surface area (TPSA) is 46.3 Å². The monoisotopic (exact) mass is 210 g/mol. The van der Waals surface area contributed by atoms with Crippen LogP contribution in [-0.2, 0) is 4.79 Å². The Labute approximate surface area is 92.0 Å². The van der Waals surface area contributed by atoms with Gasteiger partial charge in [-0.05, 0) is 38.5 Å². The largest absolute Gasteiger partial charge is 0.340 e. The van der Waals surface area contributed by atoms with Crippen LogP contribution in [0, 0.1) is 5.92 Å².